The predicted molar refractivity (Wildman–Crippen MR) is 120 cm³/mol. The Morgan fingerprint density at radius 2 is 1.88 bits per heavy atom. The van der Waals surface area contributed by atoms with Gasteiger partial charge in [-0.1, -0.05) is 6.07 Å². The molecule has 2 aliphatic heterocycles. The Bertz CT molecular complexity index is 1120. The van der Waals surface area contributed by atoms with Gasteiger partial charge in [0.15, 0.2) is 11.5 Å². The molecule has 10 nitrogen and oxygen atoms in total. The molecule has 4 rings (SSSR count). The number of anilines is 1. The molecule has 0 radical (unpaired) electrons. The summed E-state index contributed by atoms with van der Waals surface area (Å²) in [6.07, 6.45) is 0. The van der Waals surface area contributed by atoms with Crippen LogP contribution in [0.15, 0.2) is 41.3 Å². The highest BCUT2D eigenvalue weighted by molar-refractivity contribution is 7.89. The van der Waals surface area contributed by atoms with Gasteiger partial charge in [-0.3, -0.25) is 9.69 Å². The molecule has 1 amide bonds. The molecule has 0 aromatic heterocycles. The van der Waals surface area contributed by atoms with Crippen molar-refractivity contribution in [1.29, 1.82) is 0 Å². The molecular weight excluding hydrogens is 450 g/mol. The summed E-state index contributed by atoms with van der Waals surface area (Å²) >= 11 is 0. The molecule has 33 heavy (non-hydrogen) atoms. The molecule has 1 saturated heterocycles. The number of likely N-dealkylation sites (N-methyl/N-ethyl adjacent to an activating group) is 1. The molecule has 2 heterocycles. The zero-order chi connectivity index (χ0) is 23.4. The minimum atomic E-state index is -3.70. The van der Waals surface area contributed by atoms with Crippen LogP contribution in [-0.2, 0) is 26.1 Å². The third-order valence-corrected chi connectivity index (χ3v) is 7.25. The molecule has 2 aromatic rings. The number of fused-ring (bicyclic) bond motifs is 1. The maximum absolute atomic E-state index is 13.0. The Labute approximate surface area is 193 Å². The Morgan fingerprint density at radius 3 is 2.64 bits per heavy atom. The highest BCUT2D eigenvalue weighted by Gasteiger charge is 2.27. The van der Waals surface area contributed by atoms with Gasteiger partial charge in [-0.15, -0.1) is 0 Å². The van der Waals surface area contributed by atoms with Crippen molar-refractivity contribution in [2.45, 2.75) is 11.4 Å². The number of rotatable bonds is 8. The number of nitrogens with one attached hydrogen (secondary N) is 1. The minimum Gasteiger partial charge on any atom is -0.495 e. The van der Waals surface area contributed by atoms with Crippen molar-refractivity contribution in [3.8, 4) is 17.2 Å². The van der Waals surface area contributed by atoms with Crippen molar-refractivity contribution in [3.05, 3.63) is 42.0 Å². The summed E-state index contributed by atoms with van der Waals surface area (Å²) in [5, 5.41) is 2.78. The minimum absolute atomic E-state index is 0.0919. The Balaban J connectivity index is 1.42. The number of sulfonamides is 1. The van der Waals surface area contributed by atoms with E-state index < -0.39 is 10.0 Å². The van der Waals surface area contributed by atoms with E-state index in [4.69, 9.17) is 18.9 Å². The predicted octanol–water partition coefficient (Wildman–Crippen LogP) is 1.52. The number of morpholine rings is 1. The summed E-state index contributed by atoms with van der Waals surface area (Å²) in [6, 6.07) is 10.1. The molecule has 1 fully saturated rings. The van der Waals surface area contributed by atoms with Gasteiger partial charge < -0.3 is 24.3 Å². The SMILES string of the molecule is COc1ccc(S(=O)(=O)N2CCOCC2)cc1NC(=O)CN(C)Cc1ccc2c(c1)OCO2. The first-order chi connectivity index (χ1) is 15.9. The highest BCUT2D eigenvalue weighted by atomic mass is 32.2. The Kier molecular flexibility index (Phi) is 7.03. The van der Waals surface area contributed by atoms with Crippen molar-refractivity contribution in [3.63, 3.8) is 0 Å². The van der Waals surface area contributed by atoms with E-state index in [-0.39, 0.29) is 24.1 Å². The van der Waals surface area contributed by atoms with Gasteiger partial charge in [0.25, 0.3) is 0 Å². The van der Waals surface area contributed by atoms with Crippen LogP contribution in [0.4, 0.5) is 5.69 Å². The average molecular weight is 478 g/mol. The molecule has 11 heteroatoms. The Morgan fingerprint density at radius 1 is 1.12 bits per heavy atom. The fourth-order valence-electron chi connectivity index (χ4n) is 3.72. The second kappa shape index (κ2) is 9.96. The molecule has 0 saturated carbocycles. The molecule has 0 aliphatic carbocycles. The second-order valence-electron chi connectivity index (χ2n) is 7.79. The highest BCUT2D eigenvalue weighted by Crippen LogP contribution is 2.33. The molecule has 1 N–H and O–H groups in total. The van der Waals surface area contributed by atoms with Gasteiger partial charge in [-0.2, -0.15) is 4.31 Å². The van der Waals surface area contributed by atoms with Crippen LogP contribution >= 0.6 is 0 Å². The summed E-state index contributed by atoms with van der Waals surface area (Å²) in [5.74, 6) is 1.48. The third-order valence-electron chi connectivity index (χ3n) is 5.36. The molecule has 2 aromatic carbocycles. The number of methoxy groups -OCH3 is 1. The van der Waals surface area contributed by atoms with Crippen LogP contribution in [0.5, 0.6) is 17.2 Å². The number of nitrogens with zero attached hydrogens (tertiary/aromatic N) is 2. The van der Waals surface area contributed by atoms with Crippen LogP contribution in [-0.4, -0.2) is 77.3 Å². The van der Waals surface area contributed by atoms with Gasteiger partial charge in [0.05, 0.1) is 37.5 Å². The number of hydrogen-bond acceptors (Lipinski definition) is 8. The van der Waals surface area contributed by atoms with Crippen LogP contribution in [0, 0.1) is 0 Å². The maximum atomic E-state index is 13.0. The lowest BCUT2D eigenvalue weighted by Crippen LogP contribution is -2.40. The lowest BCUT2D eigenvalue weighted by atomic mass is 10.2. The zero-order valence-electron chi connectivity index (χ0n) is 18.6. The summed E-state index contributed by atoms with van der Waals surface area (Å²) < 4.78 is 48.6. The summed E-state index contributed by atoms with van der Waals surface area (Å²) in [7, 11) is -0.415. The molecule has 0 bridgehead atoms. The zero-order valence-corrected chi connectivity index (χ0v) is 19.4. The second-order valence-corrected chi connectivity index (χ2v) is 9.72. The van der Waals surface area contributed by atoms with E-state index in [0.717, 1.165) is 5.56 Å². The molecular formula is C22H27N3O7S. The van der Waals surface area contributed by atoms with Crippen LogP contribution in [0.25, 0.3) is 0 Å². The molecule has 0 unspecified atom stereocenters. The van der Waals surface area contributed by atoms with E-state index in [2.05, 4.69) is 5.32 Å². The van der Waals surface area contributed by atoms with Gasteiger partial charge in [0.1, 0.15) is 5.75 Å². The monoisotopic (exact) mass is 477 g/mol. The van der Waals surface area contributed by atoms with Gasteiger partial charge in [0.2, 0.25) is 22.7 Å². The fourth-order valence-corrected chi connectivity index (χ4v) is 5.16. The first-order valence-electron chi connectivity index (χ1n) is 10.5. The van der Waals surface area contributed by atoms with E-state index in [1.54, 1.807) is 6.07 Å². The number of ether oxygens (including phenoxy) is 4. The first-order valence-corrected chi connectivity index (χ1v) is 11.9. The Hall–Kier alpha value is -2.86. The smallest absolute Gasteiger partial charge is 0.243 e. The van der Waals surface area contributed by atoms with Crippen molar-refractivity contribution in [2.24, 2.45) is 0 Å². The van der Waals surface area contributed by atoms with Gasteiger partial charge >= 0.3 is 0 Å². The van der Waals surface area contributed by atoms with Gasteiger partial charge in [0, 0.05) is 19.6 Å². The maximum Gasteiger partial charge on any atom is 0.243 e. The van der Waals surface area contributed by atoms with Crippen molar-refractivity contribution < 1.29 is 32.2 Å². The lowest BCUT2D eigenvalue weighted by Gasteiger charge is -2.26. The van der Waals surface area contributed by atoms with Gasteiger partial charge in [-0.05, 0) is 42.9 Å². The summed E-state index contributed by atoms with van der Waals surface area (Å²) in [6.45, 7) is 2.12. The number of hydrogen-bond donors (Lipinski definition) is 1. The van der Waals surface area contributed by atoms with E-state index >= 15 is 0 Å². The number of amides is 1. The van der Waals surface area contributed by atoms with E-state index in [0.29, 0.717) is 55.8 Å². The van der Waals surface area contributed by atoms with E-state index in [1.165, 1.54) is 23.5 Å². The third kappa shape index (κ3) is 5.38. The average Bonchev–Trinajstić information content (AvgIpc) is 3.27. The quantitative estimate of drug-likeness (QED) is 0.610. The summed E-state index contributed by atoms with van der Waals surface area (Å²) in [5.41, 5.74) is 1.28. The van der Waals surface area contributed by atoms with E-state index in [1.807, 2.05) is 30.1 Å². The van der Waals surface area contributed by atoms with Crippen molar-refractivity contribution >= 4 is 21.6 Å². The van der Waals surface area contributed by atoms with E-state index in [9.17, 15) is 13.2 Å². The number of carbonyl (C=O) groups is 1. The number of carbonyl (C=O) groups excluding carboxylic acids is 1. The largest absolute Gasteiger partial charge is 0.495 e. The molecule has 0 spiro atoms. The molecule has 178 valence electrons. The molecule has 0 atom stereocenters. The number of benzene rings is 2. The molecule has 2 aliphatic rings. The fraction of sp³-hybridized carbons (Fsp3) is 0.409. The van der Waals surface area contributed by atoms with Crippen LogP contribution in [0.2, 0.25) is 0 Å². The van der Waals surface area contributed by atoms with Crippen molar-refractivity contribution in [1.82, 2.24) is 9.21 Å². The lowest BCUT2D eigenvalue weighted by molar-refractivity contribution is -0.117. The topological polar surface area (TPSA) is 107 Å². The standard InChI is InChI=1S/C22H27N3O7S/c1-24(13-16-3-5-20-21(11-16)32-15-31-20)14-22(26)23-18-12-17(4-6-19(18)29-2)33(27,28)25-7-9-30-10-8-25/h3-6,11-12H,7-10,13-15H2,1-2H3,(H,23,26). The van der Waals surface area contributed by atoms with Crippen molar-refractivity contribution in [2.75, 3.05) is 59.1 Å². The van der Waals surface area contributed by atoms with Crippen LogP contribution in [0.3, 0.4) is 0 Å². The van der Waals surface area contributed by atoms with Crippen LogP contribution in [0.1, 0.15) is 5.56 Å². The first kappa shape index (κ1) is 23.3. The van der Waals surface area contributed by atoms with Gasteiger partial charge in [-0.25, -0.2) is 8.42 Å². The van der Waals surface area contributed by atoms with Crippen LogP contribution < -0.4 is 19.5 Å². The summed E-state index contributed by atoms with van der Waals surface area (Å²) in [4.78, 5) is 14.6. The normalized spacial score (nSPS) is 16.1.